The zero-order valence-electron chi connectivity index (χ0n) is 12.8. The summed E-state index contributed by atoms with van der Waals surface area (Å²) in [4.78, 5) is 18.2. The van der Waals surface area contributed by atoms with Crippen LogP contribution in [0.4, 0.5) is 11.4 Å². The van der Waals surface area contributed by atoms with Gasteiger partial charge >= 0.3 is 0 Å². The average molecular weight is 286 g/mol. The molecule has 0 fully saturated rings. The molecule has 0 spiro atoms. The van der Waals surface area contributed by atoms with Crippen molar-refractivity contribution in [3.8, 4) is 0 Å². The fourth-order valence-electron chi connectivity index (χ4n) is 2.19. The minimum absolute atomic E-state index is 0.0139. The normalized spacial score (nSPS) is 10.9. The Morgan fingerprint density at radius 2 is 2.14 bits per heavy atom. The van der Waals surface area contributed by atoms with Crippen LogP contribution in [0.1, 0.15) is 13.8 Å². The Bertz CT molecular complexity index is 639. The summed E-state index contributed by atoms with van der Waals surface area (Å²) in [5, 5.41) is 3.88. The number of nitrogens with one attached hydrogen (secondary N) is 1. The van der Waals surface area contributed by atoms with Crippen LogP contribution in [-0.4, -0.2) is 31.0 Å². The topological polar surface area (TPSA) is 71.2 Å². The second kappa shape index (κ2) is 6.43. The summed E-state index contributed by atoms with van der Waals surface area (Å²) in [5.74, 6) is 0.459. The van der Waals surface area contributed by atoms with Gasteiger partial charge in [0.15, 0.2) is 0 Å². The van der Waals surface area contributed by atoms with Crippen LogP contribution in [0.5, 0.6) is 0 Å². The predicted octanol–water partition coefficient (Wildman–Crippen LogP) is 2.03. The molecule has 0 bridgehead atoms. The van der Waals surface area contributed by atoms with Crippen LogP contribution in [0.3, 0.4) is 0 Å². The third kappa shape index (κ3) is 3.62. The maximum atomic E-state index is 11.9. The van der Waals surface area contributed by atoms with E-state index in [2.05, 4.69) is 24.1 Å². The molecule has 1 heterocycles. The number of hydrogen-bond donors (Lipinski definition) is 2. The summed E-state index contributed by atoms with van der Waals surface area (Å²) in [7, 11) is 1.90. The Morgan fingerprint density at radius 3 is 2.86 bits per heavy atom. The van der Waals surface area contributed by atoms with Crippen molar-refractivity contribution < 1.29 is 4.79 Å². The Balaban J connectivity index is 2.18. The number of amides is 1. The van der Waals surface area contributed by atoms with Crippen molar-refractivity contribution in [1.29, 1.82) is 0 Å². The highest BCUT2D eigenvalue weighted by molar-refractivity contribution is 5.98. The smallest absolute Gasteiger partial charge is 0.239 e. The van der Waals surface area contributed by atoms with Crippen molar-refractivity contribution in [3.63, 3.8) is 0 Å². The van der Waals surface area contributed by atoms with E-state index in [4.69, 9.17) is 5.73 Å². The van der Waals surface area contributed by atoms with Crippen LogP contribution in [-0.2, 0) is 4.79 Å². The van der Waals surface area contributed by atoms with Gasteiger partial charge in [-0.05, 0) is 18.1 Å². The molecule has 5 nitrogen and oxygen atoms in total. The molecule has 0 radical (unpaired) electrons. The first-order chi connectivity index (χ1) is 9.99. The summed E-state index contributed by atoms with van der Waals surface area (Å²) in [6, 6.07) is 7.60. The second-order valence-electron chi connectivity index (χ2n) is 5.63. The lowest BCUT2D eigenvalue weighted by molar-refractivity contribution is -0.119. The average Bonchev–Trinajstić information content (AvgIpc) is 2.45. The lowest BCUT2D eigenvalue weighted by Gasteiger charge is -2.21. The molecule has 0 saturated carbocycles. The number of nitrogen functional groups attached to an aromatic ring is 1. The fourth-order valence-corrected chi connectivity index (χ4v) is 2.19. The summed E-state index contributed by atoms with van der Waals surface area (Å²) < 4.78 is 0. The number of carbonyl (C=O) groups is 1. The highest BCUT2D eigenvalue weighted by Gasteiger charge is 2.11. The quantitative estimate of drug-likeness (QED) is 0.825. The zero-order valence-corrected chi connectivity index (χ0v) is 12.8. The van der Waals surface area contributed by atoms with E-state index in [1.807, 2.05) is 36.2 Å². The van der Waals surface area contributed by atoms with Crippen LogP contribution in [0.15, 0.2) is 30.5 Å². The lowest BCUT2D eigenvalue weighted by atomic mass is 10.1. The van der Waals surface area contributed by atoms with Crippen LogP contribution >= 0.6 is 0 Å². The lowest BCUT2D eigenvalue weighted by Crippen LogP contribution is -2.36. The molecule has 0 aliphatic heterocycles. The Kier molecular flexibility index (Phi) is 4.62. The third-order valence-electron chi connectivity index (χ3n) is 3.28. The maximum Gasteiger partial charge on any atom is 0.239 e. The number of rotatable bonds is 5. The van der Waals surface area contributed by atoms with Crippen LogP contribution in [0.25, 0.3) is 10.9 Å². The summed E-state index contributed by atoms with van der Waals surface area (Å²) >= 11 is 0. The van der Waals surface area contributed by atoms with Crippen molar-refractivity contribution in [2.75, 3.05) is 30.8 Å². The first-order valence-corrected chi connectivity index (χ1v) is 7.10. The minimum Gasteiger partial charge on any atom is -0.397 e. The van der Waals surface area contributed by atoms with Crippen molar-refractivity contribution in [2.45, 2.75) is 13.8 Å². The largest absolute Gasteiger partial charge is 0.397 e. The van der Waals surface area contributed by atoms with Crippen molar-refractivity contribution in [1.82, 2.24) is 10.3 Å². The van der Waals surface area contributed by atoms with E-state index in [0.29, 0.717) is 24.7 Å². The van der Waals surface area contributed by atoms with E-state index in [1.54, 1.807) is 6.20 Å². The molecule has 0 aliphatic carbocycles. The molecule has 1 aromatic carbocycles. The SMILES string of the molecule is CC(C)CNC(=O)CN(C)c1ccnc2c(N)cccc12. The molecule has 0 saturated heterocycles. The van der Waals surface area contributed by atoms with Gasteiger partial charge < -0.3 is 16.0 Å². The molecule has 3 N–H and O–H groups in total. The molecule has 0 atom stereocenters. The van der Waals surface area contributed by atoms with Crippen LogP contribution < -0.4 is 16.0 Å². The highest BCUT2D eigenvalue weighted by atomic mass is 16.2. The van der Waals surface area contributed by atoms with Gasteiger partial charge in [0.1, 0.15) is 0 Å². The fraction of sp³-hybridized carbons (Fsp3) is 0.375. The van der Waals surface area contributed by atoms with Gasteiger partial charge in [-0.2, -0.15) is 0 Å². The molecular weight excluding hydrogens is 264 g/mol. The van der Waals surface area contributed by atoms with Gasteiger partial charge in [-0.15, -0.1) is 0 Å². The van der Waals surface area contributed by atoms with Gasteiger partial charge in [-0.3, -0.25) is 9.78 Å². The molecule has 5 heteroatoms. The van der Waals surface area contributed by atoms with Gasteiger partial charge in [0.2, 0.25) is 5.91 Å². The number of pyridine rings is 1. The van der Waals surface area contributed by atoms with Gasteiger partial charge in [-0.25, -0.2) is 0 Å². The van der Waals surface area contributed by atoms with E-state index in [-0.39, 0.29) is 5.91 Å². The summed E-state index contributed by atoms with van der Waals surface area (Å²) in [6.45, 7) is 5.14. The number of nitrogens with two attached hydrogens (primary N) is 1. The van der Waals surface area contributed by atoms with Crippen LogP contribution in [0.2, 0.25) is 0 Å². The Morgan fingerprint density at radius 1 is 1.38 bits per heavy atom. The minimum atomic E-state index is 0.0139. The molecule has 21 heavy (non-hydrogen) atoms. The zero-order chi connectivity index (χ0) is 15.4. The van der Waals surface area contributed by atoms with E-state index >= 15 is 0 Å². The first kappa shape index (κ1) is 15.1. The number of benzene rings is 1. The van der Waals surface area contributed by atoms with Crippen molar-refractivity contribution in [3.05, 3.63) is 30.5 Å². The van der Waals surface area contributed by atoms with Crippen molar-refractivity contribution >= 4 is 28.2 Å². The Labute approximate surface area is 125 Å². The highest BCUT2D eigenvalue weighted by Crippen LogP contribution is 2.27. The molecule has 2 rings (SSSR count). The van der Waals surface area contributed by atoms with E-state index in [1.165, 1.54) is 0 Å². The van der Waals surface area contributed by atoms with Gasteiger partial charge in [0.25, 0.3) is 0 Å². The molecule has 1 aromatic heterocycles. The van der Waals surface area contributed by atoms with E-state index in [9.17, 15) is 4.79 Å². The molecule has 2 aromatic rings. The standard InChI is InChI=1S/C16H22N4O/c1-11(2)9-19-15(21)10-20(3)14-7-8-18-16-12(14)5-4-6-13(16)17/h4-8,11H,9-10,17H2,1-3H3,(H,19,21). The number of para-hydroxylation sites is 1. The van der Waals surface area contributed by atoms with Crippen molar-refractivity contribution in [2.24, 2.45) is 5.92 Å². The molecule has 0 unspecified atom stereocenters. The summed E-state index contributed by atoms with van der Waals surface area (Å²) in [5.41, 5.74) is 8.31. The first-order valence-electron chi connectivity index (χ1n) is 7.10. The number of carbonyl (C=O) groups excluding carboxylic acids is 1. The van der Waals surface area contributed by atoms with Gasteiger partial charge in [-0.1, -0.05) is 26.0 Å². The predicted molar refractivity (Wildman–Crippen MR) is 87.3 cm³/mol. The van der Waals surface area contributed by atoms with Crippen LogP contribution in [0, 0.1) is 5.92 Å². The molecule has 0 aliphatic rings. The third-order valence-corrected chi connectivity index (χ3v) is 3.28. The number of fused-ring (bicyclic) bond motifs is 1. The van der Waals surface area contributed by atoms with Gasteiger partial charge in [0, 0.05) is 30.9 Å². The number of aromatic nitrogens is 1. The molecular formula is C16H22N4O. The van der Waals surface area contributed by atoms with E-state index in [0.717, 1.165) is 16.6 Å². The Hall–Kier alpha value is -2.30. The summed E-state index contributed by atoms with van der Waals surface area (Å²) in [6.07, 6.45) is 1.72. The number of likely N-dealkylation sites (N-methyl/N-ethyl adjacent to an activating group) is 1. The monoisotopic (exact) mass is 286 g/mol. The number of nitrogens with zero attached hydrogens (tertiary/aromatic N) is 2. The number of anilines is 2. The maximum absolute atomic E-state index is 11.9. The molecule has 112 valence electrons. The van der Waals surface area contributed by atoms with Gasteiger partial charge in [0.05, 0.1) is 17.7 Å². The second-order valence-corrected chi connectivity index (χ2v) is 5.63. The van der Waals surface area contributed by atoms with E-state index < -0.39 is 0 Å². The number of hydrogen-bond acceptors (Lipinski definition) is 4. The molecule has 1 amide bonds.